The quantitative estimate of drug-likeness (QED) is 0.607. The molecule has 3 nitrogen and oxygen atoms in total. The normalized spacial score (nSPS) is 18.4. The molecule has 0 saturated heterocycles. The number of nitrogens with one attached hydrogen (secondary N) is 1. The van der Waals surface area contributed by atoms with Gasteiger partial charge in [0, 0.05) is 7.11 Å². The summed E-state index contributed by atoms with van der Waals surface area (Å²) in [5.74, 6) is 0. The third-order valence-electron chi connectivity index (χ3n) is 3.53. The maximum atomic E-state index is 5.61. The Morgan fingerprint density at radius 1 is 1.18 bits per heavy atom. The van der Waals surface area contributed by atoms with Crippen LogP contribution in [0.25, 0.3) is 0 Å². The Hall–Kier alpha value is -0.900. The Kier molecular flexibility index (Phi) is 4.54. The van der Waals surface area contributed by atoms with Crippen molar-refractivity contribution in [2.45, 2.75) is 37.9 Å². The molecule has 2 rings (SSSR count). The van der Waals surface area contributed by atoms with Gasteiger partial charge >= 0.3 is 0 Å². The lowest BCUT2D eigenvalue weighted by Gasteiger charge is -2.27. The summed E-state index contributed by atoms with van der Waals surface area (Å²) >= 11 is 0. The van der Waals surface area contributed by atoms with E-state index in [0.29, 0.717) is 6.61 Å². The number of benzene rings is 1. The molecule has 3 heteroatoms. The van der Waals surface area contributed by atoms with E-state index in [0.717, 1.165) is 19.4 Å². The summed E-state index contributed by atoms with van der Waals surface area (Å²) in [6.07, 6.45) is 4.78. The van der Waals surface area contributed by atoms with Crippen LogP contribution >= 0.6 is 0 Å². The first-order chi connectivity index (χ1) is 8.35. The fraction of sp³-hybridized carbons (Fsp3) is 0.571. The molecule has 0 atom stereocenters. The summed E-state index contributed by atoms with van der Waals surface area (Å²) in [5.41, 5.74) is 4.22. The average molecular weight is 235 g/mol. The molecule has 1 aliphatic rings. The predicted molar refractivity (Wildman–Crippen MR) is 67.4 cm³/mol. The minimum atomic E-state index is -0.00329. The predicted octanol–water partition coefficient (Wildman–Crippen LogP) is 2.67. The van der Waals surface area contributed by atoms with Crippen molar-refractivity contribution < 1.29 is 9.57 Å². The topological polar surface area (TPSA) is 30.5 Å². The zero-order valence-electron chi connectivity index (χ0n) is 10.4. The van der Waals surface area contributed by atoms with E-state index in [4.69, 9.17) is 9.57 Å². The van der Waals surface area contributed by atoms with Crippen LogP contribution in [0.3, 0.4) is 0 Å². The highest BCUT2D eigenvalue weighted by Crippen LogP contribution is 2.31. The van der Waals surface area contributed by atoms with Crippen molar-refractivity contribution in [3.8, 4) is 0 Å². The summed E-state index contributed by atoms with van der Waals surface area (Å²) in [4.78, 5) is 5.48. The first-order valence-corrected chi connectivity index (χ1v) is 6.28. The first kappa shape index (κ1) is 12.6. The van der Waals surface area contributed by atoms with Gasteiger partial charge in [0.05, 0.1) is 18.8 Å². The minimum Gasteiger partial charge on any atom is -0.377 e. The highest BCUT2D eigenvalue weighted by molar-refractivity contribution is 5.13. The van der Waals surface area contributed by atoms with Gasteiger partial charge in [-0.15, -0.1) is 0 Å². The van der Waals surface area contributed by atoms with Crippen LogP contribution in [0.15, 0.2) is 30.3 Å². The monoisotopic (exact) mass is 235 g/mol. The van der Waals surface area contributed by atoms with Gasteiger partial charge in [0.2, 0.25) is 0 Å². The lowest BCUT2D eigenvalue weighted by molar-refractivity contribution is -0.0578. The standard InChI is InChI=1S/C14H21NO2/c1-16-14(9-5-6-10-14)12-15-17-11-13-7-3-2-4-8-13/h2-4,7-8,15H,5-6,9-12H2,1H3. The van der Waals surface area contributed by atoms with Crippen molar-refractivity contribution in [3.05, 3.63) is 35.9 Å². The Morgan fingerprint density at radius 3 is 2.53 bits per heavy atom. The molecule has 1 N–H and O–H groups in total. The third kappa shape index (κ3) is 3.53. The van der Waals surface area contributed by atoms with Gasteiger partial charge in [-0.1, -0.05) is 43.2 Å². The average Bonchev–Trinajstić information content (AvgIpc) is 2.85. The van der Waals surface area contributed by atoms with Gasteiger partial charge in [-0.2, -0.15) is 5.48 Å². The molecule has 0 bridgehead atoms. The van der Waals surface area contributed by atoms with Crippen LogP contribution in [0, 0.1) is 0 Å². The number of ether oxygens (including phenoxy) is 1. The molecule has 0 amide bonds. The molecular weight excluding hydrogens is 214 g/mol. The highest BCUT2D eigenvalue weighted by Gasteiger charge is 2.33. The molecule has 0 spiro atoms. The van der Waals surface area contributed by atoms with Crippen LogP contribution in [0.4, 0.5) is 0 Å². The second-order valence-electron chi connectivity index (χ2n) is 4.69. The zero-order chi connectivity index (χ0) is 12.0. The van der Waals surface area contributed by atoms with Crippen LogP contribution in [0.2, 0.25) is 0 Å². The van der Waals surface area contributed by atoms with E-state index in [1.54, 1.807) is 7.11 Å². The number of hydrogen-bond donors (Lipinski definition) is 1. The smallest absolute Gasteiger partial charge is 0.0933 e. The van der Waals surface area contributed by atoms with Crippen molar-refractivity contribution in [2.75, 3.05) is 13.7 Å². The number of hydroxylamine groups is 1. The molecule has 0 aliphatic heterocycles. The van der Waals surface area contributed by atoms with Gasteiger partial charge in [0.25, 0.3) is 0 Å². The second kappa shape index (κ2) is 6.15. The summed E-state index contributed by atoms with van der Waals surface area (Å²) < 4.78 is 5.61. The molecule has 0 heterocycles. The zero-order valence-corrected chi connectivity index (χ0v) is 10.4. The van der Waals surface area contributed by atoms with E-state index in [1.807, 2.05) is 18.2 Å². The molecule has 0 aromatic heterocycles. The molecular formula is C14H21NO2. The fourth-order valence-corrected chi connectivity index (χ4v) is 2.36. The largest absolute Gasteiger partial charge is 0.377 e. The Labute approximate surface area is 103 Å². The SMILES string of the molecule is COC1(CNOCc2ccccc2)CCCC1. The van der Waals surface area contributed by atoms with E-state index in [2.05, 4.69) is 17.6 Å². The molecule has 0 radical (unpaired) electrons. The molecule has 1 aromatic carbocycles. The number of methoxy groups -OCH3 is 1. The molecule has 94 valence electrons. The number of rotatable bonds is 6. The van der Waals surface area contributed by atoms with E-state index in [9.17, 15) is 0 Å². The second-order valence-corrected chi connectivity index (χ2v) is 4.69. The van der Waals surface area contributed by atoms with Crippen LogP contribution < -0.4 is 5.48 Å². The van der Waals surface area contributed by atoms with Crippen molar-refractivity contribution in [1.29, 1.82) is 0 Å². The van der Waals surface area contributed by atoms with Crippen molar-refractivity contribution in [3.63, 3.8) is 0 Å². The molecule has 1 fully saturated rings. The molecule has 0 unspecified atom stereocenters. The van der Waals surface area contributed by atoms with Gasteiger partial charge in [0.15, 0.2) is 0 Å². The van der Waals surface area contributed by atoms with E-state index < -0.39 is 0 Å². The lowest BCUT2D eigenvalue weighted by atomic mass is 10.0. The third-order valence-corrected chi connectivity index (χ3v) is 3.53. The first-order valence-electron chi connectivity index (χ1n) is 6.28. The van der Waals surface area contributed by atoms with Crippen molar-refractivity contribution in [1.82, 2.24) is 5.48 Å². The molecule has 1 aromatic rings. The van der Waals surface area contributed by atoms with Crippen LogP contribution in [-0.4, -0.2) is 19.3 Å². The molecule has 1 aliphatic carbocycles. The maximum Gasteiger partial charge on any atom is 0.0933 e. The van der Waals surface area contributed by atoms with Gasteiger partial charge in [-0.05, 0) is 18.4 Å². The Balaban J connectivity index is 1.69. The van der Waals surface area contributed by atoms with Gasteiger partial charge in [-0.25, -0.2) is 0 Å². The van der Waals surface area contributed by atoms with E-state index >= 15 is 0 Å². The van der Waals surface area contributed by atoms with Gasteiger partial charge < -0.3 is 4.74 Å². The lowest BCUT2D eigenvalue weighted by Crippen LogP contribution is -2.39. The molecule has 1 saturated carbocycles. The fourth-order valence-electron chi connectivity index (χ4n) is 2.36. The van der Waals surface area contributed by atoms with E-state index in [1.165, 1.54) is 18.4 Å². The van der Waals surface area contributed by atoms with Crippen LogP contribution in [0.1, 0.15) is 31.2 Å². The van der Waals surface area contributed by atoms with Crippen LogP contribution in [-0.2, 0) is 16.2 Å². The van der Waals surface area contributed by atoms with E-state index in [-0.39, 0.29) is 5.60 Å². The van der Waals surface area contributed by atoms with Crippen molar-refractivity contribution in [2.24, 2.45) is 0 Å². The Bertz CT molecular complexity index is 320. The highest BCUT2D eigenvalue weighted by atomic mass is 16.6. The summed E-state index contributed by atoms with van der Waals surface area (Å²) in [5, 5.41) is 0. The Morgan fingerprint density at radius 2 is 1.88 bits per heavy atom. The summed E-state index contributed by atoms with van der Waals surface area (Å²) in [7, 11) is 1.80. The maximum absolute atomic E-state index is 5.61. The van der Waals surface area contributed by atoms with Crippen LogP contribution in [0.5, 0.6) is 0 Å². The molecule has 17 heavy (non-hydrogen) atoms. The summed E-state index contributed by atoms with van der Waals surface area (Å²) in [6.45, 7) is 1.37. The van der Waals surface area contributed by atoms with Gasteiger partial charge in [0.1, 0.15) is 0 Å². The minimum absolute atomic E-state index is 0.00329. The van der Waals surface area contributed by atoms with Gasteiger partial charge in [-0.3, -0.25) is 4.84 Å². The number of hydrogen-bond acceptors (Lipinski definition) is 3. The van der Waals surface area contributed by atoms with Crippen molar-refractivity contribution >= 4 is 0 Å². The summed E-state index contributed by atoms with van der Waals surface area (Å²) in [6, 6.07) is 10.2.